The Kier molecular flexibility index (Phi) is 9.73. The van der Waals surface area contributed by atoms with Crippen molar-refractivity contribution in [1.29, 1.82) is 0 Å². The van der Waals surface area contributed by atoms with Gasteiger partial charge in [0.2, 0.25) is 0 Å². The molecule has 0 aromatic carbocycles. The highest BCUT2D eigenvalue weighted by Gasteiger charge is 2.46. The van der Waals surface area contributed by atoms with Crippen LogP contribution in [-0.4, -0.2) is 28.6 Å². The molecule has 0 saturated heterocycles. The second-order valence-corrected chi connectivity index (χ2v) is 7.08. The van der Waals surface area contributed by atoms with Gasteiger partial charge in [0.15, 0.2) is 0 Å². The van der Waals surface area contributed by atoms with Crippen LogP contribution in [0.2, 0.25) is 5.54 Å². The number of allylic oxidation sites excluding steroid dienone is 1. The second kappa shape index (κ2) is 9.83. The zero-order valence-corrected chi connectivity index (χ0v) is 12.8. The van der Waals surface area contributed by atoms with E-state index in [9.17, 15) is 0 Å². The first kappa shape index (κ1) is 16.8. The van der Waals surface area contributed by atoms with E-state index in [2.05, 4.69) is 13.5 Å². The van der Waals surface area contributed by atoms with Gasteiger partial charge in [0.05, 0.1) is 0 Å². The van der Waals surface area contributed by atoms with Crippen LogP contribution in [0.15, 0.2) is 12.7 Å². The van der Waals surface area contributed by atoms with Crippen LogP contribution >= 0.6 is 0 Å². The number of rotatable bonds is 11. The predicted molar refractivity (Wildman–Crippen MR) is 74.1 cm³/mol. The molecule has 0 N–H and O–H groups in total. The zero-order valence-electron chi connectivity index (χ0n) is 11.8. The van der Waals surface area contributed by atoms with Crippen molar-refractivity contribution < 1.29 is 13.3 Å². The van der Waals surface area contributed by atoms with E-state index in [4.69, 9.17) is 13.3 Å². The van der Waals surface area contributed by atoms with Crippen LogP contribution in [-0.2, 0) is 13.3 Å². The Morgan fingerprint density at radius 2 is 1.53 bits per heavy atom. The van der Waals surface area contributed by atoms with Gasteiger partial charge in [-0.25, -0.2) is 0 Å². The highest BCUT2D eigenvalue weighted by Crippen LogP contribution is 2.30. The van der Waals surface area contributed by atoms with Crippen LogP contribution in [0.5, 0.6) is 0 Å². The summed E-state index contributed by atoms with van der Waals surface area (Å²) in [5, 5.41) is 0. The van der Waals surface area contributed by atoms with Crippen molar-refractivity contribution in [1.82, 2.24) is 0 Å². The lowest BCUT2D eigenvalue weighted by molar-refractivity contribution is 0.0613. The molecule has 102 valence electrons. The lowest BCUT2D eigenvalue weighted by atomic mass is 10.2. The Bertz CT molecular complexity index is 180. The summed E-state index contributed by atoms with van der Waals surface area (Å²) < 4.78 is 17.6. The standard InChI is InChI=1S/C13H28O3Si/c1-6-10-11-12-13(5)17(14-7-2,15-8-3)16-9-4/h6,13H,1,7-12H2,2-5H3. The number of hydrogen-bond donors (Lipinski definition) is 0. The Morgan fingerprint density at radius 3 is 1.88 bits per heavy atom. The van der Waals surface area contributed by atoms with Crippen LogP contribution in [0.25, 0.3) is 0 Å². The molecule has 0 radical (unpaired) electrons. The molecule has 1 unspecified atom stereocenters. The summed E-state index contributed by atoms with van der Waals surface area (Å²) in [6.07, 6.45) is 5.18. The summed E-state index contributed by atoms with van der Waals surface area (Å²) in [6.45, 7) is 13.9. The Morgan fingerprint density at radius 1 is 1.06 bits per heavy atom. The zero-order chi connectivity index (χ0) is 13.1. The van der Waals surface area contributed by atoms with E-state index in [1.807, 2.05) is 26.8 Å². The van der Waals surface area contributed by atoms with E-state index < -0.39 is 8.80 Å². The van der Waals surface area contributed by atoms with E-state index in [0.717, 1.165) is 19.3 Å². The number of hydrogen-bond acceptors (Lipinski definition) is 3. The van der Waals surface area contributed by atoms with Crippen molar-refractivity contribution in [3.8, 4) is 0 Å². The third-order valence-electron chi connectivity index (χ3n) is 2.69. The SMILES string of the molecule is C=CCCCC(C)[Si](OCC)(OCC)OCC. The molecule has 0 aliphatic rings. The van der Waals surface area contributed by atoms with Gasteiger partial charge in [0.1, 0.15) is 0 Å². The van der Waals surface area contributed by atoms with Gasteiger partial charge in [0.25, 0.3) is 0 Å². The first-order valence-corrected chi connectivity index (χ1v) is 8.49. The van der Waals surface area contributed by atoms with Crippen LogP contribution in [0.4, 0.5) is 0 Å². The maximum absolute atomic E-state index is 5.87. The van der Waals surface area contributed by atoms with Crippen LogP contribution in [0.3, 0.4) is 0 Å². The molecule has 3 nitrogen and oxygen atoms in total. The van der Waals surface area contributed by atoms with Gasteiger partial charge in [-0.05, 0) is 40.0 Å². The molecule has 0 aliphatic heterocycles. The Hall–Kier alpha value is -0.163. The average Bonchev–Trinajstić information content (AvgIpc) is 2.30. The number of unbranched alkanes of at least 4 members (excludes halogenated alkanes) is 1. The first-order valence-electron chi connectivity index (χ1n) is 6.69. The molecule has 0 heterocycles. The third-order valence-corrected chi connectivity index (χ3v) is 6.25. The molecule has 0 bridgehead atoms. The molecule has 0 aromatic heterocycles. The minimum atomic E-state index is -2.48. The maximum Gasteiger partial charge on any atom is 0.503 e. The normalized spacial score (nSPS) is 13.6. The summed E-state index contributed by atoms with van der Waals surface area (Å²) in [5.74, 6) is 0. The van der Waals surface area contributed by atoms with Gasteiger partial charge < -0.3 is 13.3 Å². The van der Waals surface area contributed by atoms with Gasteiger partial charge in [-0.3, -0.25) is 0 Å². The first-order chi connectivity index (χ1) is 8.16. The summed E-state index contributed by atoms with van der Waals surface area (Å²) in [6, 6.07) is 0. The lowest BCUT2D eigenvalue weighted by Crippen LogP contribution is -2.49. The highest BCUT2D eigenvalue weighted by molar-refractivity contribution is 6.62. The Labute approximate surface area is 108 Å². The molecule has 0 spiro atoms. The van der Waals surface area contributed by atoms with Gasteiger partial charge >= 0.3 is 8.80 Å². The molecule has 1 atom stereocenters. The quantitative estimate of drug-likeness (QED) is 0.321. The minimum Gasteiger partial charge on any atom is -0.374 e. The van der Waals surface area contributed by atoms with Gasteiger partial charge in [0, 0.05) is 25.4 Å². The van der Waals surface area contributed by atoms with Crippen molar-refractivity contribution in [3.63, 3.8) is 0 Å². The summed E-state index contributed by atoms with van der Waals surface area (Å²) in [7, 11) is -2.48. The third kappa shape index (κ3) is 5.81. The predicted octanol–water partition coefficient (Wildman–Crippen LogP) is 3.78. The molecule has 0 rings (SSSR count). The van der Waals surface area contributed by atoms with Crippen LogP contribution in [0.1, 0.15) is 47.0 Å². The summed E-state index contributed by atoms with van der Waals surface area (Å²) in [4.78, 5) is 0. The molecule has 17 heavy (non-hydrogen) atoms. The fraction of sp³-hybridized carbons (Fsp3) is 0.846. The molecule has 0 amide bonds. The van der Waals surface area contributed by atoms with Crippen LogP contribution < -0.4 is 0 Å². The topological polar surface area (TPSA) is 27.7 Å². The summed E-state index contributed by atoms with van der Waals surface area (Å²) >= 11 is 0. The largest absolute Gasteiger partial charge is 0.503 e. The van der Waals surface area contributed by atoms with E-state index in [0.29, 0.717) is 25.4 Å². The average molecular weight is 260 g/mol. The van der Waals surface area contributed by atoms with E-state index >= 15 is 0 Å². The van der Waals surface area contributed by atoms with Crippen molar-refractivity contribution >= 4 is 8.80 Å². The second-order valence-electron chi connectivity index (χ2n) is 4.02. The van der Waals surface area contributed by atoms with E-state index in [-0.39, 0.29) is 0 Å². The van der Waals surface area contributed by atoms with Crippen molar-refractivity contribution in [2.24, 2.45) is 0 Å². The van der Waals surface area contributed by atoms with Gasteiger partial charge in [-0.2, -0.15) is 0 Å². The molecule has 0 aromatic rings. The summed E-state index contributed by atoms with van der Waals surface area (Å²) in [5.41, 5.74) is 0.349. The fourth-order valence-electron chi connectivity index (χ4n) is 1.90. The monoisotopic (exact) mass is 260 g/mol. The minimum absolute atomic E-state index is 0.349. The van der Waals surface area contributed by atoms with Gasteiger partial charge in [-0.1, -0.05) is 13.0 Å². The molecule has 0 aliphatic carbocycles. The molecule has 0 fully saturated rings. The Balaban J connectivity index is 4.52. The molecule has 4 heteroatoms. The lowest BCUT2D eigenvalue weighted by Gasteiger charge is -2.33. The van der Waals surface area contributed by atoms with Crippen molar-refractivity contribution in [3.05, 3.63) is 12.7 Å². The maximum atomic E-state index is 5.87. The highest BCUT2D eigenvalue weighted by atomic mass is 28.4. The van der Waals surface area contributed by atoms with E-state index in [1.54, 1.807) is 0 Å². The molecular weight excluding hydrogens is 232 g/mol. The van der Waals surface area contributed by atoms with Crippen molar-refractivity contribution in [2.75, 3.05) is 19.8 Å². The van der Waals surface area contributed by atoms with E-state index in [1.165, 1.54) is 0 Å². The fourth-order valence-corrected chi connectivity index (χ4v) is 4.77. The smallest absolute Gasteiger partial charge is 0.374 e. The molecule has 0 saturated carbocycles. The molecular formula is C13H28O3Si. The van der Waals surface area contributed by atoms with Crippen LogP contribution in [0, 0.1) is 0 Å². The van der Waals surface area contributed by atoms with Gasteiger partial charge in [-0.15, -0.1) is 6.58 Å². The van der Waals surface area contributed by atoms with Crippen molar-refractivity contribution in [2.45, 2.75) is 52.5 Å².